The standard InChI is InChI=1S/C15H24FO5PS/c1-5-20-22(17,21-6-2)15(16,12-13(3)4)23(18,19)14-10-8-7-9-11-14/h7-11,13H,5-6,12H2,1-4H3. The fourth-order valence-corrected chi connectivity index (χ4v) is 7.19. The first-order valence-electron chi connectivity index (χ1n) is 7.52. The maximum atomic E-state index is 15.8. The predicted octanol–water partition coefficient (Wildman–Crippen LogP) is 4.40. The average Bonchev–Trinajstić information content (AvgIpc) is 2.47. The molecule has 0 saturated heterocycles. The molecule has 0 aliphatic heterocycles. The highest BCUT2D eigenvalue weighted by molar-refractivity contribution is 7.99. The topological polar surface area (TPSA) is 69.7 Å². The van der Waals surface area contributed by atoms with Gasteiger partial charge in [-0.25, -0.2) is 12.8 Å². The summed E-state index contributed by atoms with van der Waals surface area (Å²) in [6.07, 6.45) is -0.485. The van der Waals surface area contributed by atoms with Crippen molar-refractivity contribution in [3.8, 4) is 0 Å². The molecule has 0 fully saturated rings. The van der Waals surface area contributed by atoms with Crippen molar-refractivity contribution in [1.82, 2.24) is 0 Å². The second kappa shape index (κ2) is 7.88. The van der Waals surface area contributed by atoms with Gasteiger partial charge in [-0.05, 0) is 31.9 Å². The highest BCUT2D eigenvalue weighted by atomic mass is 32.2. The van der Waals surface area contributed by atoms with Gasteiger partial charge in [0.1, 0.15) is 0 Å². The number of sulfone groups is 1. The Bertz CT molecular complexity index is 637. The van der Waals surface area contributed by atoms with Crippen LogP contribution in [0.1, 0.15) is 34.1 Å². The van der Waals surface area contributed by atoms with E-state index in [9.17, 15) is 13.0 Å². The van der Waals surface area contributed by atoms with E-state index in [2.05, 4.69) is 0 Å². The van der Waals surface area contributed by atoms with Crippen molar-refractivity contribution < 1.29 is 26.4 Å². The molecule has 1 aromatic carbocycles. The third-order valence-electron chi connectivity index (χ3n) is 3.13. The van der Waals surface area contributed by atoms with E-state index in [4.69, 9.17) is 9.05 Å². The summed E-state index contributed by atoms with van der Waals surface area (Å²) in [5, 5.41) is 0. The van der Waals surface area contributed by atoms with Gasteiger partial charge >= 0.3 is 12.3 Å². The van der Waals surface area contributed by atoms with Crippen molar-refractivity contribution in [3.05, 3.63) is 30.3 Å². The van der Waals surface area contributed by atoms with Gasteiger partial charge in [0.2, 0.25) is 9.84 Å². The average molecular weight is 366 g/mol. The van der Waals surface area contributed by atoms with Crippen LogP contribution in [0.4, 0.5) is 4.39 Å². The van der Waals surface area contributed by atoms with Crippen LogP contribution in [-0.2, 0) is 23.4 Å². The summed E-state index contributed by atoms with van der Waals surface area (Å²) in [5.74, 6) is -0.368. The Hall–Kier alpha value is -0.750. The first-order chi connectivity index (χ1) is 10.6. The van der Waals surface area contributed by atoms with Gasteiger partial charge < -0.3 is 9.05 Å². The number of alkyl halides is 1. The highest BCUT2D eigenvalue weighted by Crippen LogP contribution is 2.66. The van der Waals surface area contributed by atoms with E-state index >= 15 is 4.39 Å². The van der Waals surface area contributed by atoms with Gasteiger partial charge in [-0.1, -0.05) is 32.0 Å². The highest BCUT2D eigenvalue weighted by Gasteiger charge is 2.62. The van der Waals surface area contributed by atoms with Gasteiger partial charge in [0, 0.05) is 6.42 Å². The SMILES string of the molecule is CCOP(=O)(OCC)C(F)(CC(C)C)S(=O)(=O)c1ccccc1. The minimum atomic E-state index is -4.58. The minimum Gasteiger partial charge on any atom is -0.306 e. The first kappa shape index (κ1) is 20.3. The third-order valence-corrected chi connectivity index (χ3v) is 8.60. The van der Waals surface area contributed by atoms with E-state index in [1.165, 1.54) is 38.1 Å². The summed E-state index contributed by atoms with van der Waals surface area (Å²) in [6, 6.07) is 7.12. The molecule has 1 aromatic rings. The Morgan fingerprint density at radius 2 is 1.61 bits per heavy atom. The van der Waals surface area contributed by atoms with Gasteiger partial charge in [-0.2, -0.15) is 0 Å². The zero-order valence-electron chi connectivity index (χ0n) is 13.9. The molecule has 1 atom stereocenters. The molecule has 0 aliphatic carbocycles. The van der Waals surface area contributed by atoms with Crippen LogP contribution in [0.5, 0.6) is 0 Å². The Kier molecular flexibility index (Phi) is 6.95. The number of hydrogen-bond acceptors (Lipinski definition) is 5. The molecule has 0 heterocycles. The normalized spacial score (nSPS) is 15.6. The molecular formula is C15H24FO5PS. The van der Waals surface area contributed by atoms with Gasteiger partial charge in [0.15, 0.2) is 0 Å². The van der Waals surface area contributed by atoms with Crippen molar-refractivity contribution in [2.75, 3.05) is 13.2 Å². The Morgan fingerprint density at radius 3 is 2.00 bits per heavy atom. The van der Waals surface area contributed by atoms with Crippen LogP contribution in [0, 0.1) is 5.92 Å². The maximum Gasteiger partial charge on any atom is 0.383 e. The van der Waals surface area contributed by atoms with Crippen LogP contribution >= 0.6 is 7.60 Å². The Labute approximate surface area is 137 Å². The molecule has 0 radical (unpaired) electrons. The van der Waals surface area contributed by atoms with Gasteiger partial charge in [0.05, 0.1) is 18.1 Å². The van der Waals surface area contributed by atoms with Crippen LogP contribution in [0.15, 0.2) is 35.2 Å². The molecule has 1 rings (SSSR count). The third kappa shape index (κ3) is 4.02. The molecule has 5 nitrogen and oxygen atoms in total. The molecule has 0 aliphatic rings. The van der Waals surface area contributed by atoms with Crippen LogP contribution in [0.2, 0.25) is 0 Å². The zero-order valence-corrected chi connectivity index (χ0v) is 15.6. The largest absolute Gasteiger partial charge is 0.383 e. The zero-order chi connectivity index (χ0) is 17.7. The fraction of sp³-hybridized carbons (Fsp3) is 0.600. The van der Waals surface area contributed by atoms with E-state index < -0.39 is 28.6 Å². The molecule has 0 amide bonds. The summed E-state index contributed by atoms with van der Waals surface area (Å²) in [5.41, 5.74) is 0. The Balaban J connectivity index is 3.57. The lowest BCUT2D eigenvalue weighted by molar-refractivity contribution is 0.165. The molecule has 8 heteroatoms. The number of benzene rings is 1. The van der Waals surface area contributed by atoms with E-state index in [1.807, 2.05) is 0 Å². The van der Waals surface area contributed by atoms with E-state index in [-0.39, 0.29) is 24.0 Å². The maximum absolute atomic E-state index is 15.8. The predicted molar refractivity (Wildman–Crippen MR) is 87.8 cm³/mol. The molecule has 23 heavy (non-hydrogen) atoms. The summed E-state index contributed by atoms with van der Waals surface area (Å²) >= 11 is 0. The molecule has 0 saturated carbocycles. The van der Waals surface area contributed by atoms with Crippen molar-refractivity contribution >= 4 is 17.4 Å². The summed E-state index contributed by atoms with van der Waals surface area (Å²) in [7, 11) is -9.11. The molecule has 1 unspecified atom stereocenters. The Morgan fingerprint density at radius 1 is 1.13 bits per heavy atom. The molecule has 0 spiro atoms. The van der Waals surface area contributed by atoms with Crippen LogP contribution in [-0.4, -0.2) is 26.4 Å². The quantitative estimate of drug-likeness (QED) is 0.606. The summed E-state index contributed by atoms with van der Waals surface area (Å²) in [6.45, 7) is 6.08. The van der Waals surface area contributed by atoms with E-state index in [0.29, 0.717) is 0 Å². The van der Waals surface area contributed by atoms with E-state index in [0.717, 1.165) is 0 Å². The molecule has 132 valence electrons. The first-order valence-corrected chi connectivity index (χ1v) is 10.5. The lowest BCUT2D eigenvalue weighted by Gasteiger charge is -2.32. The molecule has 0 bridgehead atoms. The summed E-state index contributed by atoms with van der Waals surface area (Å²) < 4.78 is 61.5. The van der Waals surface area contributed by atoms with Crippen LogP contribution < -0.4 is 0 Å². The van der Waals surface area contributed by atoms with Crippen LogP contribution in [0.3, 0.4) is 0 Å². The molecule has 0 aromatic heterocycles. The molecular weight excluding hydrogens is 342 g/mol. The second-order valence-electron chi connectivity index (χ2n) is 5.44. The fourth-order valence-electron chi connectivity index (χ4n) is 2.22. The summed E-state index contributed by atoms with van der Waals surface area (Å²) in [4.78, 5) is -0.247. The lowest BCUT2D eigenvalue weighted by Crippen LogP contribution is -2.37. The van der Waals surface area contributed by atoms with Crippen molar-refractivity contribution in [3.63, 3.8) is 0 Å². The van der Waals surface area contributed by atoms with Crippen molar-refractivity contribution in [2.45, 2.75) is 43.8 Å². The number of halogens is 1. The van der Waals surface area contributed by atoms with E-state index in [1.54, 1.807) is 19.9 Å². The van der Waals surface area contributed by atoms with Crippen molar-refractivity contribution in [2.24, 2.45) is 5.92 Å². The number of rotatable bonds is 9. The minimum absolute atomic E-state index is 0.120. The van der Waals surface area contributed by atoms with Gasteiger partial charge in [-0.15, -0.1) is 0 Å². The smallest absolute Gasteiger partial charge is 0.306 e. The molecule has 0 N–H and O–H groups in total. The second-order valence-corrected chi connectivity index (χ2v) is 10.1. The number of hydrogen-bond donors (Lipinski definition) is 0. The van der Waals surface area contributed by atoms with Gasteiger partial charge in [0.25, 0.3) is 0 Å². The monoisotopic (exact) mass is 366 g/mol. The van der Waals surface area contributed by atoms with Crippen molar-refractivity contribution in [1.29, 1.82) is 0 Å². The lowest BCUT2D eigenvalue weighted by atomic mass is 10.1. The van der Waals surface area contributed by atoms with Crippen LogP contribution in [0.25, 0.3) is 0 Å². The van der Waals surface area contributed by atoms with Gasteiger partial charge in [-0.3, -0.25) is 4.57 Å².